The summed E-state index contributed by atoms with van der Waals surface area (Å²) in [6, 6.07) is 14.6. The second kappa shape index (κ2) is 5.66. The van der Waals surface area contributed by atoms with Crippen LogP contribution in [0.3, 0.4) is 0 Å². The van der Waals surface area contributed by atoms with Crippen LogP contribution in [0.25, 0.3) is 11.0 Å². The van der Waals surface area contributed by atoms with Gasteiger partial charge in [0.25, 0.3) is 0 Å². The first kappa shape index (κ1) is 13.8. The molecule has 1 atom stereocenters. The summed E-state index contributed by atoms with van der Waals surface area (Å²) in [4.78, 5) is 4.71. The summed E-state index contributed by atoms with van der Waals surface area (Å²) < 4.78 is 15.1. The molecule has 21 heavy (non-hydrogen) atoms. The first-order valence-corrected chi connectivity index (χ1v) is 7.05. The first-order chi connectivity index (χ1) is 10.2. The Hall–Kier alpha value is -2.20. The number of imidazole rings is 1. The van der Waals surface area contributed by atoms with Gasteiger partial charge in [-0.2, -0.15) is 0 Å². The number of hydrogen-bond acceptors (Lipinski definition) is 2. The lowest BCUT2D eigenvalue weighted by molar-refractivity contribution is 0.614. The Morgan fingerprint density at radius 3 is 2.52 bits per heavy atom. The van der Waals surface area contributed by atoms with Crippen molar-refractivity contribution in [1.29, 1.82) is 0 Å². The maximum Gasteiger partial charge on any atom is 0.123 e. The first-order valence-electron chi connectivity index (χ1n) is 7.05. The number of fused-ring (bicyclic) bond motifs is 1. The molecule has 0 fully saturated rings. The van der Waals surface area contributed by atoms with E-state index in [-0.39, 0.29) is 11.7 Å². The molecule has 0 saturated heterocycles. The molecule has 0 bridgehead atoms. The van der Waals surface area contributed by atoms with E-state index in [0.717, 1.165) is 28.8 Å². The third-order valence-corrected chi connectivity index (χ3v) is 3.87. The molecule has 1 aromatic heterocycles. The highest BCUT2D eigenvalue weighted by Gasteiger charge is 2.17. The highest BCUT2D eigenvalue weighted by atomic mass is 19.1. The standard InChI is InChI=1S/C17H18FN3/c1-21-16-5-3-2-4-15(16)20-17(21)13(11-19)10-12-6-8-14(18)9-7-12/h2-9,13H,10-11,19H2,1H3. The van der Waals surface area contributed by atoms with E-state index in [2.05, 4.69) is 10.6 Å². The topological polar surface area (TPSA) is 43.8 Å². The minimum Gasteiger partial charge on any atom is -0.331 e. The van der Waals surface area contributed by atoms with Crippen molar-refractivity contribution in [2.45, 2.75) is 12.3 Å². The van der Waals surface area contributed by atoms with Gasteiger partial charge >= 0.3 is 0 Å². The van der Waals surface area contributed by atoms with Crippen molar-refractivity contribution in [1.82, 2.24) is 9.55 Å². The van der Waals surface area contributed by atoms with Gasteiger partial charge in [-0.15, -0.1) is 0 Å². The Balaban J connectivity index is 1.94. The molecule has 3 nitrogen and oxygen atoms in total. The molecule has 0 spiro atoms. The van der Waals surface area contributed by atoms with Crippen LogP contribution in [-0.2, 0) is 13.5 Å². The molecule has 0 radical (unpaired) electrons. The molecule has 3 rings (SSSR count). The van der Waals surface area contributed by atoms with Gasteiger partial charge in [-0.1, -0.05) is 24.3 Å². The van der Waals surface area contributed by atoms with Crippen LogP contribution in [0.4, 0.5) is 4.39 Å². The quantitative estimate of drug-likeness (QED) is 0.800. The van der Waals surface area contributed by atoms with Crippen molar-refractivity contribution >= 4 is 11.0 Å². The lowest BCUT2D eigenvalue weighted by Crippen LogP contribution is -2.18. The Kier molecular flexibility index (Phi) is 3.71. The van der Waals surface area contributed by atoms with E-state index in [1.165, 1.54) is 12.1 Å². The van der Waals surface area contributed by atoms with E-state index in [4.69, 9.17) is 10.7 Å². The van der Waals surface area contributed by atoms with Gasteiger partial charge in [0.2, 0.25) is 0 Å². The van der Waals surface area contributed by atoms with Gasteiger partial charge in [0.1, 0.15) is 11.6 Å². The monoisotopic (exact) mass is 283 g/mol. The molecule has 2 aromatic carbocycles. The normalized spacial score (nSPS) is 12.7. The highest BCUT2D eigenvalue weighted by molar-refractivity contribution is 5.75. The minimum absolute atomic E-state index is 0.118. The van der Waals surface area contributed by atoms with Gasteiger partial charge < -0.3 is 10.3 Å². The van der Waals surface area contributed by atoms with Crippen LogP contribution in [-0.4, -0.2) is 16.1 Å². The fourth-order valence-electron chi connectivity index (χ4n) is 2.71. The van der Waals surface area contributed by atoms with Gasteiger partial charge in [-0.3, -0.25) is 0 Å². The summed E-state index contributed by atoms with van der Waals surface area (Å²) in [5.74, 6) is 0.877. The Labute approximate surface area is 123 Å². The molecule has 3 aromatic rings. The van der Waals surface area contributed by atoms with Crippen LogP contribution < -0.4 is 5.73 Å². The molecule has 0 aliphatic heterocycles. The van der Waals surface area contributed by atoms with Gasteiger partial charge in [0, 0.05) is 19.5 Å². The smallest absolute Gasteiger partial charge is 0.123 e. The molecule has 0 aliphatic carbocycles. The predicted molar refractivity (Wildman–Crippen MR) is 82.6 cm³/mol. The molecule has 108 valence electrons. The molecule has 1 heterocycles. The Morgan fingerprint density at radius 2 is 1.86 bits per heavy atom. The zero-order valence-electron chi connectivity index (χ0n) is 12.0. The van der Waals surface area contributed by atoms with Crippen molar-refractivity contribution in [2.75, 3.05) is 6.54 Å². The molecule has 1 unspecified atom stereocenters. The average molecular weight is 283 g/mol. The summed E-state index contributed by atoms with van der Waals surface area (Å²) in [5, 5.41) is 0. The zero-order chi connectivity index (χ0) is 14.8. The molecule has 2 N–H and O–H groups in total. The number of aryl methyl sites for hydroxylation is 1. The fourth-order valence-corrected chi connectivity index (χ4v) is 2.71. The van der Waals surface area contributed by atoms with Crippen molar-refractivity contribution in [3.63, 3.8) is 0 Å². The number of nitrogens with zero attached hydrogens (tertiary/aromatic N) is 2. The van der Waals surface area contributed by atoms with E-state index < -0.39 is 0 Å². The number of hydrogen-bond donors (Lipinski definition) is 1. The minimum atomic E-state index is -0.217. The predicted octanol–water partition coefficient (Wildman–Crippen LogP) is 3.00. The van der Waals surface area contributed by atoms with Gasteiger partial charge in [0.15, 0.2) is 0 Å². The molecular weight excluding hydrogens is 265 g/mol. The van der Waals surface area contributed by atoms with Crippen LogP contribution in [0.15, 0.2) is 48.5 Å². The lowest BCUT2D eigenvalue weighted by Gasteiger charge is -2.15. The van der Waals surface area contributed by atoms with Crippen molar-refractivity contribution in [3.05, 3.63) is 65.7 Å². The molecule has 0 amide bonds. The van der Waals surface area contributed by atoms with Gasteiger partial charge in [-0.05, 0) is 36.2 Å². The van der Waals surface area contributed by atoms with Gasteiger partial charge in [0.05, 0.1) is 11.0 Å². The van der Waals surface area contributed by atoms with E-state index in [1.54, 1.807) is 12.1 Å². The van der Waals surface area contributed by atoms with E-state index >= 15 is 0 Å². The average Bonchev–Trinajstić information content (AvgIpc) is 2.84. The maximum atomic E-state index is 13.0. The number of nitrogens with two attached hydrogens (primary N) is 1. The molecular formula is C17H18FN3. The van der Waals surface area contributed by atoms with Crippen LogP contribution >= 0.6 is 0 Å². The summed E-state index contributed by atoms with van der Waals surface area (Å²) in [5.41, 5.74) is 9.10. The second-order valence-electron chi connectivity index (χ2n) is 5.28. The third kappa shape index (κ3) is 2.67. The van der Waals surface area contributed by atoms with Crippen molar-refractivity contribution in [2.24, 2.45) is 12.8 Å². The van der Waals surface area contributed by atoms with Crippen molar-refractivity contribution in [3.8, 4) is 0 Å². The van der Waals surface area contributed by atoms with Crippen molar-refractivity contribution < 1.29 is 4.39 Å². The van der Waals surface area contributed by atoms with Crippen LogP contribution in [0.2, 0.25) is 0 Å². The number of rotatable bonds is 4. The van der Waals surface area contributed by atoms with Crippen LogP contribution in [0.5, 0.6) is 0 Å². The van der Waals surface area contributed by atoms with Gasteiger partial charge in [-0.25, -0.2) is 9.37 Å². The Bertz CT molecular complexity index is 746. The van der Waals surface area contributed by atoms with Crippen LogP contribution in [0.1, 0.15) is 17.3 Å². The number of para-hydroxylation sites is 2. The number of benzene rings is 2. The summed E-state index contributed by atoms with van der Waals surface area (Å²) in [7, 11) is 2.01. The Morgan fingerprint density at radius 1 is 1.14 bits per heavy atom. The summed E-state index contributed by atoms with van der Waals surface area (Å²) in [6.07, 6.45) is 0.758. The van der Waals surface area contributed by atoms with Crippen LogP contribution in [0, 0.1) is 5.82 Å². The third-order valence-electron chi connectivity index (χ3n) is 3.87. The SMILES string of the molecule is Cn1c(C(CN)Cc2ccc(F)cc2)nc2ccccc21. The second-order valence-corrected chi connectivity index (χ2v) is 5.28. The molecule has 0 aliphatic rings. The highest BCUT2D eigenvalue weighted by Crippen LogP contribution is 2.23. The summed E-state index contributed by atoms with van der Waals surface area (Å²) in [6.45, 7) is 0.508. The fraction of sp³-hybridized carbons (Fsp3) is 0.235. The number of aromatic nitrogens is 2. The largest absolute Gasteiger partial charge is 0.331 e. The summed E-state index contributed by atoms with van der Waals surface area (Å²) >= 11 is 0. The van der Waals surface area contributed by atoms with E-state index in [1.807, 2.05) is 25.2 Å². The van der Waals surface area contributed by atoms with E-state index in [9.17, 15) is 4.39 Å². The maximum absolute atomic E-state index is 13.0. The molecule has 0 saturated carbocycles. The molecule has 4 heteroatoms. The zero-order valence-corrected chi connectivity index (χ0v) is 12.0. The lowest BCUT2D eigenvalue weighted by atomic mass is 9.98. The number of halogens is 1. The van der Waals surface area contributed by atoms with E-state index in [0.29, 0.717) is 6.54 Å².